The van der Waals surface area contributed by atoms with Crippen molar-refractivity contribution in [1.82, 2.24) is 4.98 Å². The summed E-state index contributed by atoms with van der Waals surface area (Å²) < 4.78 is 0.580. The molecule has 72 valence electrons. The predicted octanol–water partition coefficient (Wildman–Crippen LogP) is 3.27. The molecule has 2 nitrogen and oxygen atoms in total. The summed E-state index contributed by atoms with van der Waals surface area (Å²) in [6.45, 7) is 0. The molecule has 0 radical (unpaired) electrons. The Morgan fingerprint density at radius 3 is 2.64 bits per heavy atom. The lowest BCUT2D eigenvalue weighted by molar-refractivity contribution is 0.696. The molecule has 1 aliphatic carbocycles. The van der Waals surface area contributed by atoms with Gasteiger partial charge in [-0.15, -0.1) is 0 Å². The first-order chi connectivity index (χ1) is 6.81. The van der Waals surface area contributed by atoms with Crippen molar-refractivity contribution >= 4 is 12.2 Å². The fraction of sp³-hybridized carbons (Fsp3) is 0.455. The normalized spacial score (nSPS) is 16.8. The molecule has 1 aliphatic rings. The van der Waals surface area contributed by atoms with Crippen molar-refractivity contribution in [2.45, 2.75) is 31.6 Å². The van der Waals surface area contributed by atoms with Gasteiger partial charge in [0, 0.05) is 5.69 Å². The van der Waals surface area contributed by atoms with E-state index in [4.69, 9.17) is 17.5 Å². The molecular formula is C11H12N2S. The second kappa shape index (κ2) is 3.93. The van der Waals surface area contributed by atoms with E-state index >= 15 is 0 Å². The summed E-state index contributed by atoms with van der Waals surface area (Å²) in [4.78, 5) is 3.16. The van der Waals surface area contributed by atoms with E-state index in [1.165, 1.54) is 31.4 Å². The molecule has 2 rings (SSSR count). The molecule has 14 heavy (non-hydrogen) atoms. The Balaban J connectivity index is 2.33. The Labute approximate surface area is 88.6 Å². The summed E-state index contributed by atoms with van der Waals surface area (Å²) in [6.07, 6.45) is 5.12. The fourth-order valence-corrected chi connectivity index (χ4v) is 2.28. The molecule has 0 spiro atoms. The first-order valence-electron chi connectivity index (χ1n) is 4.94. The van der Waals surface area contributed by atoms with E-state index in [0.717, 1.165) is 0 Å². The Bertz CT molecular complexity index is 422. The van der Waals surface area contributed by atoms with Gasteiger partial charge in [-0.3, -0.25) is 0 Å². The van der Waals surface area contributed by atoms with Crippen molar-refractivity contribution in [3.63, 3.8) is 0 Å². The van der Waals surface area contributed by atoms with Gasteiger partial charge in [0.05, 0.1) is 5.56 Å². The van der Waals surface area contributed by atoms with Crippen LogP contribution in [0.3, 0.4) is 0 Å². The van der Waals surface area contributed by atoms with E-state index in [-0.39, 0.29) is 0 Å². The molecule has 1 heterocycles. The lowest BCUT2D eigenvalue weighted by Gasteiger charge is -2.08. The number of H-pyrrole nitrogens is 1. The zero-order chi connectivity index (χ0) is 9.97. The second-order valence-electron chi connectivity index (χ2n) is 3.75. The Hall–Kier alpha value is -1.14. The van der Waals surface area contributed by atoms with Crippen molar-refractivity contribution in [1.29, 1.82) is 5.26 Å². The minimum Gasteiger partial charge on any atom is -0.349 e. The lowest BCUT2D eigenvalue weighted by atomic mass is 10.0. The first kappa shape index (κ1) is 9.42. The third kappa shape index (κ3) is 1.71. The minimum absolute atomic E-state index is 0.571. The smallest absolute Gasteiger partial charge is 0.121 e. The summed E-state index contributed by atoms with van der Waals surface area (Å²) in [7, 11) is 0. The van der Waals surface area contributed by atoms with Gasteiger partial charge in [0.2, 0.25) is 0 Å². The maximum absolute atomic E-state index is 8.74. The van der Waals surface area contributed by atoms with Gasteiger partial charge in [-0.2, -0.15) is 5.26 Å². The van der Waals surface area contributed by atoms with Crippen LogP contribution in [0, 0.1) is 16.0 Å². The molecule has 0 aromatic carbocycles. The quantitative estimate of drug-likeness (QED) is 0.713. The number of nitriles is 1. The van der Waals surface area contributed by atoms with Crippen LogP contribution in [0.25, 0.3) is 0 Å². The molecule has 0 unspecified atom stereocenters. The molecule has 1 saturated carbocycles. The number of pyridine rings is 1. The van der Waals surface area contributed by atoms with Crippen molar-refractivity contribution in [2.75, 3.05) is 0 Å². The number of aromatic nitrogens is 1. The highest BCUT2D eigenvalue weighted by Gasteiger charge is 2.17. The summed E-state index contributed by atoms with van der Waals surface area (Å²) in [5.41, 5.74) is 1.77. The van der Waals surface area contributed by atoms with Crippen LogP contribution in [0.5, 0.6) is 0 Å². The average Bonchev–Trinajstić information content (AvgIpc) is 2.70. The molecular weight excluding hydrogens is 192 g/mol. The maximum atomic E-state index is 8.74. The van der Waals surface area contributed by atoms with Gasteiger partial charge in [0.15, 0.2) is 0 Å². The maximum Gasteiger partial charge on any atom is 0.121 e. The van der Waals surface area contributed by atoms with E-state index in [1.54, 1.807) is 0 Å². The largest absolute Gasteiger partial charge is 0.349 e. The molecule has 1 aromatic heterocycles. The van der Waals surface area contributed by atoms with Gasteiger partial charge in [-0.25, -0.2) is 0 Å². The second-order valence-corrected chi connectivity index (χ2v) is 4.16. The van der Waals surface area contributed by atoms with E-state index < -0.39 is 0 Å². The van der Waals surface area contributed by atoms with E-state index in [1.807, 2.05) is 12.1 Å². The average molecular weight is 204 g/mol. The molecule has 0 aliphatic heterocycles. The third-order valence-electron chi connectivity index (χ3n) is 2.85. The van der Waals surface area contributed by atoms with Crippen molar-refractivity contribution in [2.24, 2.45) is 0 Å². The van der Waals surface area contributed by atoms with Crippen LogP contribution in [0.2, 0.25) is 0 Å². The number of hydrogen-bond donors (Lipinski definition) is 1. The predicted molar refractivity (Wildman–Crippen MR) is 57.6 cm³/mol. The van der Waals surface area contributed by atoms with Crippen LogP contribution in [0.4, 0.5) is 0 Å². The number of nitrogens with one attached hydrogen (secondary N) is 1. The fourth-order valence-electron chi connectivity index (χ4n) is 2.05. The van der Waals surface area contributed by atoms with E-state index in [0.29, 0.717) is 16.1 Å². The number of aromatic amines is 1. The molecule has 1 N–H and O–H groups in total. The van der Waals surface area contributed by atoms with Crippen LogP contribution >= 0.6 is 12.2 Å². The molecule has 0 saturated heterocycles. The molecule has 1 aromatic rings. The SMILES string of the molecule is N#Cc1ccc(C2CCCC2)[nH]c1=S. The first-order valence-corrected chi connectivity index (χ1v) is 5.35. The molecule has 0 atom stereocenters. The Morgan fingerprint density at radius 1 is 1.36 bits per heavy atom. The van der Waals surface area contributed by atoms with Gasteiger partial charge >= 0.3 is 0 Å². The van der Waals surface area contributed by atoms with E-state index in [9.17, 15) is 0 Å². The van der Waals surface area contributed by atoms with Crippen molar-refractivity contribution < 1.29 is 0 Å². The molecule has 0 amide bonds. The van der Waals surface area contributed by atoms with Crippen LogP contribution < -0.4 is 0 Å². The highest BCUT2D eigenvalue weighted by molar-refractivity contribution is 7.71. The highest BCUT2D eigenvalue weighted by atomic mass is 32.1. The van der Waals surface area contributed by atoms with Crippen LogP contribution in [-0.4, -0.2) is 4.98 Å². The topological polar surface area (TPSA) is 39.6 Å². The zero-order valence-corrected chi connectivity index (χ0v) is 8.73. The Kier molecular flexibility index (Phi) is 2.64. The molecule has 0 bridgehead atoms. The summed E-state index contributed by atoms with van der Waals surface area (Å²) in [5.74, 6) is 0.629. The zero-order valence-electron chi connectivity index (χ0n) is 7.92. The van der Waals surface area contributed by atoms with Gasteiger partial charge in [0.25, 0.3) is 0 Å². The summed E-state index contributed by atoms with van der Waals surface area (Å²) in [6, 6.07) is 5.91. The lowest BCUT2D eigenvalue weighted by Crippen LogP contribution is -1.97. The molecule has 3 heteroatoms. The number of nitrogens with zero attached hydrogens (tertiary/aromatic N) is 1. The van der Waals surface area contributed by atoms with Gasteiger partial charge in [-0.05, 0) is 30.9 Å². The van der Waals surface area contributed by atoms with Crippen LogP contribution in [0.15, 0.2) is 12.1 Å². The molecule has 1 fully saturated rings. The van der Waals surface area contributed by atoms with Crippen molar-refractivity contribution in [3.05, 3.63) is 28.0 Å². The monoisotopic (exact) mass is 204 g/mol. The number of rotatable bonds is 1. The highest BCUT2D eigenvalue weighted by Crippen LogP contribution is 2.32. The van der Waals surface area contributed by atoms with Gasteiger partial charge in [0.1, 0.15) is 10.7 Å². The standard InChI is InChI=1S/C11H12N2S/c12-7-9-5-6-10(13-11(9)14)8-3-1-2-4-8/h5-6,8H,1-4H2,(H,13,14). The van der Waals surface area contributed by atoms with Gasteiger partial charge < -0.3 is 4.98 Å². The van der Waals surface area contributed by atoms with Crippen molar-refractivity contribution in [3.8, 4) is 6.07 Å². The summed E-state index contributed by atoms with van der Waals surface area (Å²) >= 11 is 5.10. The van der Waals surface area contributed by atoms with E-state index in [2.05, 4.69) is 11.1 Å². The van der Waals surface area contributed by atoms with Crippen LogP contribution in [-0.2, 0) is 0 Å². The third-order valence-corrected chi connectivity index (χ3v) is 3.17. The minimum atomic E-state index is 0.571. The Morgan fingerprint density at radius 2 is 2.07 bits per heavy atom. The van der Waals surface area contributed by atoms with Crippen LogP contribution in [0.1, 0.15) is 42.9 Å². The number of hydrogen-bond acceptors (Lipinski definition) is 2. The summed E-state index contributed by atoms with van der Waals surface area (Å²) in [5, 5.41) is 8.74. The van der Waals surface area contributed by atoms with Gasteiger partial charge in [-0.1, -0.05) is 25.1 Å².